The largest absolute Gasteiger partial charge is 0.416 e. The minimum Gasteiger partial charge on any atom is -0.395 e. The highest BCUT2D eigenvalue weighted by Gasteiger charge is 2.30. The van der Waals surface area contributed by atoms with Gasteiger partial charge in [-0.2, -0.15) is 13.2 Å². The zero-order chi connectivity index (χ0) is 12.2. The summed E-state index contributed by atoms with van der Waals surface area (Å²) < 4.78 is 37.1. The molecule has 1 rings (SSSR count). The minimum absolute atomic E-state index is 0.0427. The van der Waals surface area contributed by atoms with Crippen molar-refractivity contribution in [3.8, 4) is 0 Å². The summed E-state index contributed by atoms with van der Waals surface area (Å²) in [6, 6.07) is 5.01. The van der Waals surface area contributed by atoms with Gasteiger partial charge in [-0.1, -0.05) is 18.2 Å². The van der Waals surface area contributed by atoms with Crippen molar-refractivity contribution in [2.45, 2.75) is 25.7 Å². The number of rotatable bonds is 4. The topological polar surface area (TPSA) is 32.3 Å². The van der Waals surface area contributed by atoms with Gasteiger partial charge in [-0.05, 0) is 18.6 Å². The molecule has 16 heavy (non-hydrogen) atoms. The molecule has 0 saturated heterocycles. The second-order valence-electron chi connectivity index (χ2n) is 3.66. The van der Waals surface area contributed by atoms with Crippen molar-refractivity contribution in [3.63, 3.8) is 0 Å². The molecule has 1 atom stereocenters. The molecular weight excluding hydrogens is 219 g/mol. The van der Waals surface area contributed by atoms with Crippen LogP contribution in [0.1, 0.15) is 18.1 Å². The van der Waals surface area contributed by atoms with Crippen LogP contribution in [0.2, 0.25) is 0 Å². The molecule has 0 aliphatic rings. The van der Waals surface area contributed by atoms with E-state index in [2.05, 4.69) is 5.32 Å². The summed E-state index contributed by atoms with van der Waals surface area (Å²) >= 11 is 0. The maximum absolute atomic E-state index is 12.4. The highest BCUT2D eigenvalue weighted by atomic mass is 19.4. The Balaban J connectivity index is 2.68. The molecule has 0 radical (unpaired) electrons. The average Bonchev–Trinajstić information content (AvgIpc) is 2.25. The van der Waals surface area contributed by atoms with E-state index in [4.69, 9.17) is 5.11 Å². The molecule has 0 amide bonds. The van der Waals surface area contributed by atoms with Gasteiger partial charge in [0.15, 0.2) is 0 Å². The lowest BCUT2D eigenvalue weighted by atomic mass is 10.1. The van der Waals surface area contributed by atoms with Gasteiger partial charge in [0.25, 0.3) is 0 Å². The summed E-state index contributed by atoms with van der Waals surface area (Å²) in [5.74, 6) is 0. The second kappa shape index (κ2) is 5.32. The van der Waals surface area contributed by atoms with Crippen molar-refractivity contribution in [1.82, 2.24) is 5.32 Å². The molecule has 90 valence electrons. The Morgan fingerprint density at radius 2 is 2.06 bits per heavy atom. The van der Waals surface area contributed by atoms with Crippen LogP contribution in [0.25, 0.3) is 0 Å². The van der Waals surface area contributed by atoms with Gasteiger partial charge in [-0.15, -0.1) is 0 Å². The Kier molecular flexibility index (Phi) is 4.32. The molecule has 0 unspecified atom stereocenters. The first-order valence-electron chi connectivity index (χ1n) is 4.94. The Labute approximate surface area is 92.1 Å². The van der Waals surface area contributed by atoms with Crippen molar-refractivity contribution in [2.24, 2.45) is 0 Å². The first kappa shape index (κ1) is 13.0. The van der Waals surface area contributed by atoms with Crippen molar-refractivity contribution in [2.75, 3.05) is 6.61 Å². The molecule has 0 saturated carbocycles. The van der Waals surface area contributed by atoms with E-state index < -0.39 is 11.7 Å². The van der Waals surface area contributed by atoms with Gasteiger partial charge in [0.1, 0.15) is 0 Å². The van der Waals surface area contributed by atoms with Gasteiger partial charge in [0, 0.05) is 12.6 Å². The van der Waals surface area contributed by atoms with Crippen LogP contribution in [0.5, 0.6) is 0 Å². The standard InChI is InChI=1S/C11H14F3NO/c1-8(7-16)15-6-9-3-2-4-10(5-9)11(12,13)14/h2-5,8,15-16H,6-7H2,1H3/t8-/m0/s1. The van der Waals surface area contributed by atoms with Crippen LogP contribution in [0.3, 0.4) is 0 Å². The van der Waals surface area contributed by atoms with Crippen LogP contribution in [-0.2, 0) is 12.7 Å². The van der Waals surface area contributed by atoms with Gasteiger partial charge in [0.05, 0.1) is 12.2 Å². The lowest BCUT2D eigenvalue weighted by Gasteiger charge is -2.12. The lowest BCUT2D eigenvalue weighted by Crippen LogP contribution is -2.28. The van der Waals surface area contributed by atoms with E-state index in [1.165, 1.54) is 6.07 Å². The van der Waals surface area contributed by atoms with Crippen molar-refractivity contribution < 1.29 is 18.3 Å². The van der Waals surface area contributed by atoms with E-state index in [1.807, 2.05) is 0 Å². The number of aliphatic hydroxyl groups is 1. The number of aliphatic hydroxyl groups excluding tert-OH is 1. The summed E-state index contributed by atoms with van der Waals surface area (Å²) in [6.07, 6.45) is -4.31. The fourth-order valence-electron chi connectivity index (χ4n) is 1.21. The van der Waals surface area contributed by atoms with E-state index in [-0.39, 0.29) is 12.6 Å². The molecule has 0 heterocycles. The third kappa shape index (κ3) is 3.83. The predicted octanol–water partition coefficient (Wildman–Crippen LogP) is 2.18. The summed E-state index contributed by atoms with van der Waals surface area (Å²) in [5, 5.41) is 11.7. The van der Waals surface area contributed by atoms with Crippen molar-refractivity contribution in [1.29, 1.82) is 0 Å². The Hall–Kier alpha value is -1.07. The Bertz CT molecular complexity index is 338. The third-order valence-electron chi connectivity index (χ3n) is 2.18. The fourth-order valence-corrected chi connectivity index (χ4v) is 1.21. The molecule has 2 nitrogen and oxygen atoms in total. The van der Waals surface area contributed by atoms with E-state index in [0.29, 0.717) is 12.1 Å². The Morgan fingerprint density at radius 1 is 1.38 bits per heavy atom. The molecule has 1 aromatic rings. The molecule has 0 fully saturated rings. The number of nitrogens with one attached hydrogen (secondary N) is 1. The van der Waals surface area contributed by atoms with Crippen LogP contribution in [0, 0.1) is 0 Å². The van der Waals surface area contributed by atoms with Crippen molar-refractivity contribution >= 4 is 0 Å². The smallest absolute Gasteiger partial charge is 0.395 e. The predicted molar refractivity (Wildman–Crippen MR) is 54.8 cm³/mol. The molecule has 0 aliphatic carbocycles. The van der Waals surface area contributed by atoms with Gasteiger partial charge < -0.3 is 10.4 Å². The lowest BCUT2D eigenvalue weighted by molar-refractivity contribution is -0.137. The SMILES string of the molecule is C[C@@H](CO)NCc1cccc(C(F)(F)F)c1. The molecule has 0 aliphatic heterocycles. The number of benzene rings is 1. The number of hydrogen-bond acceptors (Lipinski definition) is 2. The van der Waals surface area contributed by atoms with Gasteiger partial charge in [0.2, 0.25) is 0 Å². The number of alkyl halides is 3. The second-order valence-corrected chi connectivity index (χ2v) is 3.66. The molecule has 1 aromatic carbocycles. The van der Waals surface area contributed by atoms with Gasteiger partial charge >= 0.3 is 6.18 Å². The molecule has 0 bridgehead atoms. The van der Waals surface area contributed by atoms with Crippen LogP contribution < -0.4 is 5.32 Å². The van der Waals surface area contributed by atoms with Gasteiger partial charge in [-0.25, -0.2) is 0 Å². The number of hydrogen-bond donors (Lipinski definition) is 2. The first-order valence-corrected chi connectivity index (χ1v) is 4.94. The maximum Gasteiger partial charge on any atom is 0.416 e. The summed E-state index contributed by atoms with van der Waals surface area (Å²) in [7, 11) is 0. The molecule has 0 spiro atoms. The summed E-state index contributed by atoms with van der Waals surface area (Å²) in [4.78, 5) is 0. The maximum atomic E-state index is 12.4. The summed E-state index contributed by atoms with van der Waals surface area (Å²) in [5.41, 5.74) is -0.0985. The van der Waals surface area contributed by atoms with Crippen LogP contribution in [-0.4, -0.2) is 17.8 Å². The molecule has 2 N–H and O–H groups in total. The number of halogens is 3. The average molecular weight is 233 g/mol. The third-order valence-corrected chi connectivity index (χ3v) is 2.18. The van der Waals surface area contributed by atoms with Crippen LogP contribution >= 0.6 is 0 Å². The molecular formula is C11H14F3NO. The van der Waals surface area contributed by atoms with E-state index in [9.17, 15) is 13.2 Å². The quantitative estimate of drug-likeness (QED) is 0.835. The first-order chi connectivity index (χ1) is 7.43. The fraction of sp³-hybridized carbons (Fsp3) is 0.455. The van der Waals surface area contributed by atoms with Crippen LogP contribution in [0.4, 0.5) is 13.2 Å². The monoisotopic (exact) mass is 233 g/mol. The van der Waals surface area contributed by atoms with Gasteiger partial charge in [-0.3, -0.25) is 0 Å². The van der Waals surface area contributed by atoms with Crippen molar-refractivity contribution in [3.05, 3.63) is 35.4 Å². The highest BCUT2D eigenvalue weighted by molar-refractivity contribution is 5.25. The highest BCUT2D eigenvalue weighted by Crippen LogP contribution is 2.29. The molecule has 0 aromatic heterocycles. The zero-order valence-corrected chi connectivity index (χ0v) is 8.88. The normalized spacial score (nSPS) is 13.8. The summed E-state index contributed by atoms with van der Waals surface area (Å²) in [6.45, 7) is 2.03. The zero-order valence-electron chi connectivity index (χ0n) is 8.88. The molecule has 5 heteroatoms. The van der Waals surface area contributed by atoms with E-state index >= 15 is 0 Å². The van der Waals surface area contributed by atoms with E-state index in [1.54, 1.807) is 13.0 Å². The van der Waals surface area contributed by atoms with Crippen LogP contribution in [0.15, 0.2) is 24.3 Å². The minimum atomic E-state index is -4.31. The Morgan fingerprint density at radius 3 is 2.62 bits per heavy atom. The van der Waals surface area contributed by atoms with E-state index in [0.717, 1.165) is 12.1 Å².